The lowest BCUT2D eigenvalue weighted by molar-refractivity contribution is 0.0785. The Balaban J connectivity index is 2.09. The maximum absolute atomic E-state index is 12.2. The van der Waals surface area contributed by atoms with Crippen molar-refractivity contribution in [3.8, 4) is 0 Å². The number of halogens is 1. The van der Waals surface area contributed by atoms with E-state index in [2.05, 4.69) is 15.9 Å². The summed E-state index contributed by atoms with van der Waals surface area (Å²) in [6, 6.07) is 14.9. The van der Waals surface area contributed by atoms with Gasteiger partial charge >= 0.3 is 0 Å². The third-order valence-corrected chi connectivity index (χ3v) is 3.31. The summed E-state index contributed by atoms with van der Waals surface area (Å²) < 4.78 is 1.01. The van der Waals surface area contributed by atoms with E-state index < -0.39 is 0 Å². The molecule has 0 spiro atoms. The van der Waals surface area contributed by atoms with Gasteiger partial charge in [0.1, 0.15) is 0 Å². The molecule has 0 aliphatic heterocycles. The fraction of sp³-hybridized carbons (Fsp3) is 0.133. The average molecular weight is 319 g/mol. The van der Waals surface area contributed by atoms with Crippen molar-refractivity contribution in [3.63, 3.8) is 0 Å². The molecule has 0 radical (unpaired) electrons. The molecule has 2 aromatic carbocycles. The lowest BCUT2D eigenvalue weighted by atomic mass is 10.1. The van der Waals surface area contributed by atoms with Crippen LogP contribution in [0.4, 0.5) is 5.69 Å². The first-order valence-corrected chi connectivity index (χ1v) is 6.71. The Morgan fingerprint density at radius 2 is 1.89 bits per heavy atom. The van der Waals surface area contributed by atoms with E-state index in [4.69, 9.17) is 5.73 Å². The van der Waals surface area contributed by atoms with Crippen LogP contribution in [-0.4, -0.2) is 17.9 Å². The summed E-state index contributed by atoms with van der Waals surface area (Å²) in [7, 11) is 1.79. The van der Waals surface area contributed by atoms with Crippen LogP contribution in [0.3, 0.4) is 0 Å². The second-order valence-electron chi connectivity index (χ2n) is 4.41. The molecule has 0 bridgehead atoms. The minimum absolute atomic E-state index is 0.0139. The molecule has 98 valence electrons. The second kappa shape index (κ2) is 5.89. The maximum Gasteiger partial charge on any atom is 0.253 e. The topological polar surface area (TPSA) is 46.3 Å². The predicted octanol–water partition coefficient (Wildman–Crippen LogP) is 3.30. The predicted molar refractivity (Wildman–Crippen MR) is 80.8 cm³/mol. The average Bonchev–Trinajstić information content (AvgIpc) is 2.39. The summed E-state index contributed by atoms with van der Waals surface area (Å²) >= 11 is 3.42. The molecule has 2 rings (SSSR count). The van der Waals surface area contributed by atoms with E-state index in [0.717, 1.165) is 10.0 Å². The molecule has 2 aromatic rings. The number of carbonyl (C=O) groups excluding carboxylic acids is 1. The number of nitrogen functional groups attached to an aromatic ring is 1. The number of nitrogens with two attached hydrogens (primary N) is 1. The minimum atomic E-state index is -0.0139. The molecule has 0 saturated carbocycles. The summed E-state index contributed by atoms with van der Waals surface area (Å²) in [4.78, 5) is 13.9. The van der Waals surface area contributed by atoms with Crippen LogP contribution >= 0.6 is 15.9 Å². The van der Waals surface area contributed by atoms with E-state index in [0.29, 0.717) is 17.8 Å². The van der Waals surface area contributed by atoms with Crippen molar-refractivity contribution < 1.29 is 4.79 Å². The number of rotatable bonds is 3. The lowest BCUT2D eigenvalue weighted by Crippen LogP contribution is -2.26. The Hall–Kier alpha value is -1.81. The fourth-order valence-electron chi connectivity index (χ4n) is 1.83. The van der Waals surface area contributed by atoms with Crippen LogP contribution in [-0.2, 0) is 6.54 Å². The summed E-state index contributed by atoms with van der Waals surface area (Å²) in [5, 5.41) is 0. The molecule has 0 fully saturated rings. The van der Waals surface area contributed by atoms with Gasteiger partial charge in [0, 0.05) is 29.3 Å². The SMILES string of the molecule is CN(Cc1cccc(Br)c1)C(=O)c1ccc(N)cc1. The van der Waals surface area contributed by atoms with Crippen LogP contribution in [0.2, 0.25) is 0 Å². The van der Waals surface area contributed by atoms with E-state index in [1.165, 1.54) is 0 Å². The van der Waals surface area contributed by atoms with Crippen molar-refractivity contribution in [2.75, 3.05) is 12.8 Å². The number of benzene rings is 2. The van der Waals surface area contributed by atoms with Crippen LogP contribution in [0, 0.1) is 0 Å². The Labute approximate surface area is 121 Å². The van der Waals surface area contributed by atoms with Gasteiger partial charge in [-0.05, 0) is 42.0 Å². The highest BCUT2D eigenvalue weighted by molar-refractivity contribution is 9.10. The van der Waals surface area contributed by atoms with Crippen LogP contribution in [0.5, 0.6) is 0 Å². The molecule has 0 aliphatic carbocycles. The number of nitrogens with zero attached hydrogens (tertiary/aromatic N) is 1. The lowest BCUT2D eigenvalue weighted by Gasteiger charge is -2.17. The highest BCUT2D eigenvalue weighted by atomic mass is 79.9. The fourth-order valence-corrected chi connectivity index (χ4v) is 2.27. The molecule has 1 amide bonds. The van der Waals surface area contributed by atoms with Gasteiger partial charge in [0.05, 0.1) is 0 Å². The Kier molecular flexibility index (Phi) is 4.22. The Morgan fingerprint density at radius 3 is 2.53 bits per heavy atom. The monoisotopic (exact) mass is 318 g/mol. The molecular weight excluding hydrogens is 304 g/mol. The van der Waals surface area contributed by atoms with Gasteiger partial charge in [-0.3, -0.25) is 4.79 Å². The highest BCUT2D eigenvalue weighted by Gasteiger charge is 2.11. The maximum atomic E-state index is 12.2. The minimum Gasteiger partial charge on any atom is -0.399 e. The third kappa shape index (κ3) is 3.58. The zero-order valence-electron chi connectivity index (χ0n) is 10.6. The molecule has 0 aliphatic rings. The van der Waals surface area contributed by atoms with Gasteiger partial charge < -0.3 is 10.6 Å². The zero-order valence-corrected chi connectivity index (χ0v) is 12.2. The summed E-state index contributed by atoms with van der Waals surface area (Å²) in [6.07, 6.45) is 0. The third-order valence-electron chi connectivity index (χ3n) is 2.81. The van der Waals surface area contributed by atoms with Crippen molar-refractivity contribution in [1.82, 2.24) is 4.90 Å². The number of hydrogen-bond donors (Lipinski definition) is 1. The van der Waals surface area contributed by atoms with E-state index in [-0.39, 0.29) is 5.91 Å². The molecular formula is C15H15BrN2O. The quantitative estimate of drug-likeness (QED) is 0.882. The Bertz CT molecular complexity index is 581. The van der Waals surface area contributed by atoms with Gasteiger partial charge in [0.2, 0.25) is 0 Å². The van der Waals surface area contributed by atoms with Gasteiger partial charge in [0.15, 0.2) is 0 Å². The normalized spacial score (nSPS) is 10.2. The first kappa shape index (κ1) is 13.6. The van der Waals surface area contributed by atoms with Crippen LogP contribution in [0.15, 0.2) is 53.0 Å². The second-order valence-corrected chi connectivity index (χ2v) is 5.33. The van der Waals surface area contributed by atoms with Crippen LogP contribution in [0.1, 0.15) is 15.9 Å². The summed E-state index contributed by atoms with van der Waals surface area (Å²) in [5.74, 6) is -0.0139. The molecule has 0 unspecified atom stereocenters. The van der Waals surface area contributed by atoms with Gasteiger partial charge in [-0.1, -0.05) is 28.1 Å². The number of hydrogen-bond acceptors (Lipinski definition) is 2. The number of carbonyl (C=O) groups is 1. The molecule has 0 saturated heterocycles. The molecule has 0 aromatic heterocycles. The molecule has 3 nitrogen and oxygen atoms in total. The van der Waals surface area contributed by atoms with Crippen LogP contribution in [0.25, 0.3) is 0 Å². The standard InChI is InChI=1S/C15H15BrN2O/c1-18(10-11-3-2-4-13(16)9-11)15(19)12-5-7-14(17)8-6-12/h2-9H,10,17H2,1H3. The molecule has 2 N–H and O–H groups in total. The van der Waals surface area contributed by atoms with Gasteiger partial charge in [-0.2, -0.15) is 0 Å². The summed E-state index contributed by atoms with van der Waals surface area (Å²) in [6.45, 7) is 0.572. The molecule has 0 atom stereocenters. The highest BCUT2D eigenvalue weighted by Crippen LogP contribution is 2.14. The van der Waals surface area contributed by atoms with E-state index in [1.807, 2.05) is 24.3 Å². The van der Waals surface area contributed by atoms with E-state index in [1.54, 1.807) is 36.2 Å². The van der Waals surface area contributed by atoms with Crippen molar-refractivity contribution in [2.45, 2.75) is 6.54 Å². The number of anilines is 1. The molecule has 0 heterocycles. The largest absolute Gasteiger partial charge is 0.399 e. The number of amides is 1. The molecule has 4 heteroatoms. The first-order chi connectivity index (χ1) is 9.06. The Morgan fingerprint density at radius 1 is 1.21 bits per heavy atom. The molecule has 19 heavy (non-hydrogen) atoms. The van der Waals surface area contributed by atoms with Crippen molar-refractivity contribution in [3.05, 3.63) is 64.1 Å². The van der Waals surface area contributed by atoms with Gasteiger partial charge in [0.25, 0.3) is 5.91 Å². The van der Waals surface area contributed by atoms with Crippen molar-refractivity contribution in [2.24, 2.45) is 0 Å². The zero-order chi connectivity index (χ0) is 13.8. The van der Waals surface area contributed by atoms with Gasteiger partial charge in [-0.25, -0.2) is 0 Å². The van der Waals surface area contributed by atoms with Gasteiger partial charge in [-0.15, -0.1) is 0 Å². The van der Waals surface area contributed by atoms with Crippen molar-refractivity contribution in [1.29, 1.82) is 0 Å². The van der Waals surface area contributed by atoms with E-state index >= 15 is 0 Å². The smallest absolute Gasteiger partial charge is 0.253 e. The summed E-state index contributed by atoms with van der Waals surface area (Å²) in [5.41, 5.74) is 8.00. The van der Waals surface area contributed by atoms with Crippen LogP contribution < -0.4 is 5.73 Å². The van der Waals surface area contributed by atoms with Crippen molar-refractivity contribution >= 4 is 27.5 Å². The first-order valence-electron chi connectivity index (χ1n) is 5.92. The van der Waals surface area contributed by atoms with E-state index in [9.17, 15) is 4.79 Å².